The number of benzene rings is 2. The van der Waals surface area contributed by atoms with Gasteiger partial charge in [0.2, 0.25) is 5.91 Å². The third-order valence-electron chi connectivity index (χ3n) is 4.64. The Morgan fingerprint density at radius 3 is 2.54 bits per heavy atom. The van der Waals surface area contributed by atoms with Crippen LogP contribution in [0.3, 0.4) is 0 Å². The molecule has 1 aromatic heterocycles. The molecule has 0 atom stereocenters. The lowest BCUT2D eigenvalue weighted by atomic mass is 10.1. The Morgan fingerprint density at radius 2 is 1.82 bits per heavy atom. The van der Waals surface area contributed by atoms with Gasteiger partial charge in [0.15, 0.2) is 11.5 Å². The molecule has 0 aliphatic carbocycles. The fourth-order valence-electron chi connectivity index (χ4n) is 3.05. The summed E-state index contributed by atoms with van der Waals surface area (Å²) in [6.45, 7) is 4.03. The summed E-state index contributed by atoms with van der Waals surface area (Å²) in [5.74, 6) is 0.933. The van der Waals surface area contributed by atoms with Gasteiger partial charge in [0.25, 0.3) is 5.56 Å². The molecule has 0 unspecified atom stereocenters. The van der Waals surface area contributed by atoms with E-state index in [-0.39, 0.29) is 24.4 Å². The number of rotatable bonds is 6. The van der Waals surface area contributed by atoms with Gasteiger partial charge in [-0.05, 0) is 37.1 Å². The first-order valence-corrected chi connectivity index (χ1v) is 8.92. The Bertz CT molecular complexity index is 1090. The second kappa shape index (κ2) is 8.12. The van der Waals surface area contributed by atoms with E-state index in [0.717, 1.165) is 11.1 Å². The number of aryl methyl sites for hydroxylation is 3. The Labute approximate surface area is 162 Å². The fourth-order valence-corrected chi connectivity index (χ4v) is 3.05. The van der Waals surface area contributed by atoms with Crippen LogP contribution in [0.15, 0.2) is 41.5 Å². The zero-order valence-corrected chi connectivity index (χ0v) is 16.4. The van der Waals surface area contributed by atoms with E-state index in [9.17, 15) is 9.59 Å². The molecule has 0 spiro atoms. The Morgan fingerprint density at radius 1 is 1.11 bits per heavy atom. The number of ether oxygens (including phenoxy) is 2. The minimum absolute atomic E-state index is 0.146. The van der Waals surface area contributed by atoms with Gasteiger partial charge in [-0.15, -0.1) is 0 Å². The minimum atomic E-state index is -0.202. The predicted molar refractivity (Wildman–Crippen MR) is 108 cm³/mol. The quantitative estimate of drug-likeness (QED) is 0.710. The molecule has 0 aliphatic rings. The molecule has 0 bridgehead atoms. The Hall–Kier alpha value is -3.35. The van der Waals surface area contributed by atoms with Crippen LogP contribution in [0.2, 0.25) is 0 Å². The van der Waals surface area contributed by atoms with Crippen molar-refractivity contribution >= 4 is 22.5 Å². The molecule has 0 saturated carbocycles. The molecule has 1 heterocycles. The Balaban J connectivity index is 1.74. The normalized spacial score (nSPS) is 10.7. The molecule has 0 aliphatic heterocycles. The van der Waals surface area contributed by atoms with Gasteiger partial charge in [-0.3, -0.25) is 14.2 Å². The van der Waals surface area contributed by atoms with E-state index < -0.39 is 0 Å². The number of methoxy groups -OCH3 is 2. The summed E-state index contributed by atoms with van der Waals surface area (Å²) in [7, 11) is 3.10. The Kier molecular flexibility index (Phi) is 5.63. The van der Waals surface area contributed by atoms with Crippen LogP contribution >= 0.6 is 0 Å². The van der Waals surface area contributed by atoms with Crippen molar-refractivity contribution in [3.8, 4) is 11.5 Å². The van der Waals surface area contributed by atoms with Crippen molar-refractivity contribution in [1.29, 1.82) is 0 Å². The fraction of sp³-hybridized carbons (Fsp3) is 0.286. The number of nitrogens with zero attached hydrogens (tertiary/aromatic N) is 2. The van der Waals surface area contributed by atoms with Gasteiger partial charge < -0.3 is 14.8 Å². The van der Waals surface area contributed by atoms with Crippen LogP contribution in [0.5, 0.6) is 11.5 Å². The highest BCUT2D eigenvalue weighted by atomic mass is 16.5. The highest BCUT2D eigenvalue weighted by Gasteiger charge is 2.12. The number of aromatic nitrogens is 2. The first-order valence-electron chi connectivity index (χ1n) is 8.92. The molecule has 3 rings (SSSR count). The van der Waals surface area contributed by atoms with Crippen molar-refractivity contribution in [2.45, 2.75) is 26.8 Å². The molecule has 28 heavy (non-hydrogen) atoms. The number of carbonyl (C=O) groups is 1. The summed E-state index contributed by atoms with van der Waals surface area (Å²) in [6.07, 6.45) is 1.64. The molecule has 146 valence electrons. The van der Waals surface area contributed by atoms with Gasteiger partial charge in [-0.25, -0.2) is 4.98 Å². The highest BCUT2D eigenvalue weighted by molar-refractivity contribution is 5.92. The smallest absolute Gasteiger partial charge is 0.261 e. The van der Waals surface area contributed by atoms with E-state index in [4.69, 9.17) is 9.47 Å². The summed E-state index contributed by atoms with van der Waals surface area (Å²) in [5, 5.41) is 3.42. The molecule has 0 radical (unpaired) electrons. The van der Waals surface area contributed by atoms with Crippen molar-refractivity contribution < 1.29 is 14.3 Å². The SMILES string of the molecule is COc1cc(C)c(NC(=O)CCn2cnc3c(C)cccc3c2=O)cc1OC. The van der Waals surface area contributed by atoms with Gasteiger partial charge >= 0.3 is 0 Å². The number of nitrogens with one attached hydrogen (secondary N) is 1. The first kappa shape index (κ1) is 19.4. The molecule has 0 fully saturated rings. The predicted octanol–water partition coefficient (Wildman–Crippen LogP) is 3.06. The second-order valence-electron chi connectivity index (χ2n) is 6.53. The van der Waals surface area contributed by atoms with E-state index >= 15 is 0 Å². The van der Waals surface area contributed by atoms with Gasteiger partial charge in [0.05, 0.1) is 31.4 Å². The van der Waals surface area contributed by atoms with Crippen molar-refractivity contribution in [3.63, 3.8) is 0 Å². The summed E-state index contributed by atoms with van der Waals surface area (Å²) >= 11 is 0. The minimum Gasteiger partial charge on any atom is -0.493 e. The zero-order valence-electron chi connectivity index (χ0n) is 16.4. The molecule has 0 saturated heterocycles. The van der Waals surface area contributed by atoms with Gasteiger partial charge in [0, 0.05) is 24.7 Å². The molecule has 3 aromatic rings. The zero-order chi connectivity index (χ0) is 20.3. The van der Waals surface area contributed by atoms with Crippen LogP contribution in [0.4, 0.5) is 5.69 Å². The summed E-state index contributed by atoms with van der Waals surface area (Å²) in [6, 6.07) is 9.02. The number of anilines is 1. The molecular weight excluding hydrogens is 358 g/mol. The standard InChI is InChI=1S/C21H23N3O4/c1-13-6-5-7-15-20(13)22-12-24(21(15)26)9-8-19(25)23-16-11-18(28-4)17(27-3)10-14(16)2/h5-7,10-12H,8-9H2,1-4H3,(H,23,25). The number of fused-ring (bicyclic) bond motifs is 1. The van der Waals surface area contributed by atoms with E-state index in [0.29, 0.717) is 28.1 Å². The molecule has 2 aromatic carbocycles. The van der Waals surface area contributed by atoms with Crippen LogP contribution in [0.1, 0.15) is 17.5 Å². The third kappa shape index (κ3) is 3.83. The van der Waals surface area contributed by atoms with E-state index in [1.165, 1.54) is 10.9 Å². The van der Waals surface area contributed by atoms with Gasteiger partial charge in [0.1, 0.15) is 0 Å². The number of hydrogen-bond donors (Lipinski definition) is 1. The van der Waals surface area contributed by atoms with Crippen LogP contribution in [-0.4, -0.2) is 29.7 Å². The molecule has 7 heteroatoms. The maximum Gasteiger partial charge on any atom is 0.261 e. The number of hydrogen-bond acceptors (Lipinski definition) is 5. The summed E-state index contributed by atoms with van der Waals surface area (Å²) in [5.41, 5.74) is 2.98. The largest absolute Gasteiger partial charge is 0.493 e. The van der Waals surface area contributed by atoms with Crippen LogP contribution in [-0.2, 0) is 11.3 Å². The summed E-state index contributed by atoms with van der Waals surface area (Å²) < 4.78 is 12.0. The van der Waals surface area contributed by atoms with Gasteiger partial charge in [-0.2, -0.15) is 0 Å². The average molecular weight is 381 g/mol. The first-order chi connectivity index (χ1) is 13.4. The van der Waals surface area contributed by atoms with Gasteiger partial charge in [-0.1, -0.05) is 12.1 Å². The van der Waals surface area contributed by atoms with E-state index in [2.05, 4.69) is 10.3 Å². The van der Waals surface area contributed by atoms with Crippen molar-refractivity contribution in [2.24, 2.45) is 0 Å². The highest BCUT2D eigenvalue weighted by Crippen LogP contribution is 2.32. The lowest BCUT2D eigenvalue weighted by Crippen LogP contribution is -2.24. The maximum atomic E-state index is 12.6. The number of carbonyl (C=O) groups excluding carboxylic acids is 1. The van der Waals surface area contributed by atoms with E-state index in [1.54, 1.807) is 32.4 Å². The lowest BCUT2D eigenvalue weighted by molar-refractivity contribution is -0.116. The van der Waals surface area contributed by atoms with Crippen molar-refractivity contribution in [3.05, 3.63) is 58.1 Å². The molecule has 1 N–H and O–H groups in total. The average Bonchev–Trinajstić information content (AvgIpc) is 2.69. The molecule has 7 nitrogen and oxygen atoms in total. The van der Waals surface area contributed by atoms with Crippen LogP contribution in [0, 0.1) is 13.8 Å². The second-order valence-corrected chi connectivity index (χ2v) is 6.53. The monoisotopic (exact) mass is 381 g/mol. The van der Waals surface area contributed by atoms with Crippen LogP contribution < -0.4 is 20.3 Å². The topological polar surface area (TPSA) is 82.5 Å². The summed E-state index contributed by atoms with van der Waals surface area (Å²) in [4.78, 5) is 29.4. The number of amides is 1. The molecule has 1 amide bonds. The van der Waals surface area contributed by atoms with Crippen molar-refractivity contribution in [1.82, 2.24) is 9.55 Å². The van der Waals surface area contributed by atoms with Crippen LogP contribution in [0.25, 0.3) is 10.9 Å². The third-order valence-corrected chi connectivity index (χ3v) is 4.64. The maximum absolute atomic E-state index is 12.6. The van der Waals surface area contributed by atoms with E-state index in [1.807, 2.05) is 26.0 Å². The van der Waals surface area contributed by atoms with Crippen molar-refractivity contribution in [2.75, 3.05) is 19.5 Å². The number of para-hydroxylation sites is 1. The molecular formula is C21H23N3O4. The lowest BCUT2D eigenvalue weighted by Gasteiger charge is -2.14.